The molecule has 7 nitrogen and oxygen atoms in total. The fraction of sp³-hybridized carbons (Fsp3) is 0.0667. The van der Waals surface area contributed by atoms with Gasteiger partial charge in [0.1, 0.15) is 12.1 Å². The summed E-state index contributed by atoms with van der Waals surface area (Å²) in [6.45, 7) is 0. The van der Waals surface area contributed by atoms with Crippen LogP contribution in [0.1, 0.15) is 5.56 Å². The molecule has 0 saturated heterocycles. The minimum Gasteiger partial charge on any atom is -0.506 e. The summed E-state index contributed by atoms with van der Waals surface area (Å²) in [5.74, 6) is -0.151. The molecule has 0 aliphatic heterocycles. The van der Waals surface area contributed by atoms with Crippen molar-refractivity contribution >= 4 is 11.6 Å². The van der Waals surface area contributed by atoms with Crippen molar-refractivity contribution in [2.45, 2.75) is 6.42 Å². The Hall–Kier alpha value is -3.22. The van der Waals surface area contributed by atoms with Gasteiger partial charge in [-0.15, -0.1) is 5.10 Å². The lowest BCUT2D eigenvalue weighted by Gasteiger charge is -2.07. The van der Waals surface area contributed by atoms with Gasteiger partial charge in [0.05, 0.1) is 17.8 Å². The van der Waals surface area contributed by atoms with Crippen LogP contribution < -0.4 is 5.32 Å². The Balaban J connectivity index is 1.66. The topological polar surface area (TPSA) is 92.9 Å². The zero-order valence-electron chi connectivity index (χ0n) is 11.5. The number of amides is 1. The third-order valence-electron chi connectivity index (χ3n) is 3.09. The molecule has 3 rings (SSSR count). The molecule has 0 aliphatic carbocycles. The Kier molecular flexibility index (Phi) is 3.78. The van der Waals surface area contributed by atoms with Crippen molar-refractivity contribution < 1.29 is 9.90 Å². The molecule has 1 amide bonds. The van der Waals surface area contributed by atoms with E-state index in [4.69, 9.17) is 0 Å². The maximum absolute atomic E-state index is 12.0. The number of aromatic nitrogens is 4. The molecule has 3 aromatic rings. The number of rotatable bonds is 4. The molecule has 1 aromatic heterocycles. The highest BCUT2D eigenvalue weighted by molar-refractivity contribution is 5.93. The average Bonchev–Trinajstić information content (AvgIpc) is 3.05. The highest BCUT2D eigenvalue weighted by Crippen LogP contribution is 2.21. The van der Waals surface area contributed by atoms with E-state index in [1.165, 1.54) is 17.1 Å². The van der Waals surface area contributed by atoms with Crippen molar-refractivity contribution in [1.29, 1.82) is 0 Å². The fourth-order valence-electron chi connectivity index (χ4n) is 2.01. The van der Waals surface area contributed by atoms with Gasteiger partial charge in [-0.2, -0.15) is 0 Å². The highest BCUT2D eigenvalue weighted by Gasteiger charge is 2.07. The van der Waals surface area contributed by atoms with Crippen LogP contribution in [0.3, 0.4) is 0 Å². The molecule has 0 radical (unpaired) electrons. The lowest BCUT2D eigenvalue weighted by Crippen LogP contribution is -2.14. The quantitative estimate of drug-likeness (QED) is 0.712. The number of hydrogen-bond acceptors (Lipinski definition) is 5. The number of carbonyl (C=O) groups excluding carboxylic acids is 1. The molecule has 0 unspecified atom stereocenters. The van der Waals surface area contributed by atoms with E-state index in [0.717, 1.165) is 11.3 Å². The molecule has 0 atom stereocenters. The van der Waals surface area contributed by atoms with Gasteiger partial charge >= 0.3 is 0 Å². The number of aromatic hydroxyl groups is 1. The summed E-state index contributed by atoms with van der Waals surface area (Å²) < 4.78 is 1.53. The zero-order valence-corrected chi connectivity index (χ0v) is 11.5. The van der Waals surface area contributed by atoms with E-state index in [-0.39, 0.29) is 18.1 Å². The van der Waals surface area contributed by atoms with Gasteiger partial charge in [-0.25, -0.2) is 4.68 Å². The number of para-hydroxylation sites is 2. The minimum absolute atomic E-state index is 0.0462. The lowest BCUT2D eigenvalue weighted by molar-refractivity contribution is -0.115. The molecule has 0 bridgehead atoms. The SMILES string of the molecule is O=C(Cc1ccc(-n2cnnn2)cc1)Nc1ccccc1O. The number of benzene rings is 2. The minimum atomic E-state index is -0.198. The molecule has 2 aromatic carbocycles. The summed E-state index contributed by atoms with van der Waals surface area (Å²) in [4.78, 5) is 12.0. The van der Waals surface area contributed by atoms with Gasteiger partial charge < -0.3 is 10.4 Å². The summed E-state index contributed by atoms with van der Waals surface area (Å²) in [6.07, 6.45) is 1.71. The summed E-state index contributed by atoms with van der Waals surface area (Å²) in [7, 11) is 0. The van der Waals surface area contributed by atoms with Crippen LogP contribution in [-0.2, 0) is 11.2 Å². The van der Waals surface area contributed by atoms with Gasteiger partial charge in [-0.3, -0.25) is 4.79 Å². The van der Waals surface area contributed by atoms with Crippen LogP contribution in [0.15, 0.2) is 54.9 Å². The number of hydrogen-bond donors (Lipinski definition) is 2. The third-order valence-corrected chi connectivity index (χ3v) is 3.09. The maximum Gasteiger partial charge on any atom is 0.228 e. The van der Waals surface area contributed by atoms with Crippen LogP contribution in [-0.4, -0.2) is 31.2 Å². The van der Waals surface area contributed by atoms with Crippen molar-refractivity contribution in [2.24, 2.45) is 0 Å². The number of anilines is 1. The highest BCUT2D eigenvalue weighted by atomic mass is 16.3. The molecule has 110 valence electrons. The standard InChI is InChI=1S/C15H13N5O2/c21-14-4-2-1-3-13(14)17-15(22)9-11-5-7-12(8-6-11)20-10-16-18-19-20/h1-8,10,21H,9H2,(H,17,22). The van der Waals surface area contributed by atoms with Crippen molar-refractivity contribution in [2.75, 3.05) is 5.32 Å². The Bertz CT molecular complexity index is 769. The largest absolute Gasteiger partial charge is 0.506 e. The maximum atomic E-state index is 12.0. The Morgan fingerprint density at radius 2 is 1.91 bits per heavy atom. The van der Waals surface area contributed by atoms with Gasteiger partial charge in [0.2, 0.25) is 5.91 Å². The normalized spacial score (nSPS) is 10.4. The number of phenols is 1. The van der Waals surface area contributed by atoms with Gasteiger partial charge in [-0.05, 0) is 40.3 Å². The first-order valence-corrected chi connectivity index (χ1v) is 6.62. The molecule has 22 heavy (non-hydrogen) atoms. The van der Waals surface area contributed by atoms with E-state index in [1.54, 1.807) is 18.2 Å². The van der Waals surface area contributed by atoms with E-state index < -0.39 is 0 Å². The molecule has 1 heterocycles. The summed E-state index contributed by atoms with van der Waals surface area (Å²) in [5.41, 5.74) is 2.07. The second-order valence-electron chi connectivity index (χ2n) is 4.66. The van der Waals surface area contributed by atoms with Crippen LogP contribution in [0.5, 0.6) is 5.75 Å². The van der Waals surface area contributed by atoms with Crippen LogP contribution >= 0.6 is 0 Å². The summed E-state index contributed by atoms with van der Waals surface area (Å²) in [6, 6.07) is 13.9. The molecule has 2 N–H and O–H groups in total. The predicted octanol–water partition coefficient (Wildman–Crippen LogP) is 1.55. The number of nitrogens with one attached hydrogen (secondary N) is 1. The number of nitrogens with zero attached hydrogens (tertiary/aromatic N) is 4. The van der Waals surface area contributed by atoms with E-state index in [9.17, 15) is 9.90 Å². The Morgan fingerprint density at radius 1 is 1.14 bits per heavy atom. The van der Waals surface area contributed by atoms with Crippen LogP contribution in [0, 0.1) is 0 Å². The Morgan fingerprint density at radius 3 is 2.59 bits per heavy atom. The zero-order chi connectivity index (χ0) is 15.4. The first-order chi connectivity index (χ1) is 10.7. The van der Waals surface area contributed by atoms with E-state index in [1.807, 2.05) is 24.3 Å². The predicted molar refractivity (Wildman–Crippen MR) is 79.6 cm³/mol. The first-order valence-electron chi connectivity index (χ1n) is 6.62. The van der Waals surface area contributed by atoms with Crippen LogP contribution in [0.2, 0.25) is 0 Å². The molecule has 0 spiro atoms. The molecule has 7 heteroatoms. The van der Waals surface area contributed by atoms with Gasteiger partial charge in [0.25, 0.3) is 0 Å². The van der Waals surface area contributed by atoms with Crippen molar-refractivity contribution in [3.05, 3.63) is 60.4 Å². The van der Waals surface area contributed by atoms with E-state index >= 15 is 0 Å². The van der Waals surface area contributed by atoms with Crippen LogP contribution in [0.4, 0.5) is 5.69 Å². The molecule has 0 aliphatic rings. The third kappa shape index (κ3) is 3.09. The Labute approximate surface area is 126 Å². The molecule has 0 saturated carbocycles. The van der Waals surface area contributed by atoms with Crippen molar-refractivity contribution in [3.63, 3.8) is 0 Å². The summed E-state index contributed by atoms with van der Waals surface area (Å²) in [5, 5.41) is 23.2. The fourth-order valence-corrected chi connectivity index (χ4v) is 2.01. The van der Waals surface area contributed by atoms with Gasteiger partial charge in [0.15, 0.2) is 0 Å². The van der Waals surface area contributed by atoms with Gasteiger partial charge in [-0.1, -0.05) is 24.3 Å². The van der Waals surface area contributed by atoms with E-state index in [2.05, 4.69) is 20.8 Å². The lowest BCUT2D eigenvalue weighted by atomic mass is 10.1. The van der Waals surface area contributed by atoms with Gasteiger partial charge in [0, 0.05) is 0 Å². The number of carbonyl (C=O) groups is 1. The van der Waals surface area contributed by atoms with Crippen molar-refractivity contribution in [3.8, 4) is 11.4 Å². The molecular weight excluding hydrogens is 282 g/mol. The number of phenolic OH excluding ortho intramolecular Hbond substituents is 1. The second-order valence-corrected chi connectivity index (χ2v) is 4.66. The molecular formula is C15H13N5O2. The van der Waals surface area contributed by atoms with E-state index in [0.29, 0.717) is 5.69 Å². The van der Waals surface area contributed by atoms with Crippen molar-refractivity contribution in [1.82, 2.24) is 20.2 Å². The molecule has 0 fully saturated rings. The average molecular weight is 295 g/mol. The first kappa shape index (κ1) is 13.7. The van der Waals surface area contributed by atoms with Crippen LogP contribution in [0.25, 0.3) is 5.69 Å². The smallest absolute Gasteiger partial charge is 0.228 e. The number of tetrazole rings is 1. The second kappa shape index (κ2) is 6.04. The monoisotopic (exact) mass is 295 g/mol. The summed E-state index contributed by atoms with van der Waals surface area (Å²) >= 11 is 0.